The van der Waals surface area contributed by atoms with Gasteiger partial charge in [0, 0.05) is 45.7 Å². The van der Waals surface area contributed by atoms with Crippen molar-refractivity contribution in [2.24, 2.45) is 17.8 Å². The Labute approximate surface area is 155 Å². The van der Waals surface area contributed by atoms with Crippen LogP contribution in [0.25, 0.3) is 0 Å². The first-order valence-electron chi connectivity index (χ1n) is 9.89. The van der Waals surface area contributed by atoms with E-state index < -0.39 is 5.97 Å². The molecule has 1 N–H and O–H groups in total. The third-order valence-electron chi connectivity index (χ3n) is 6.48. The van der Waals surface area contributed by atoms with Gasteiger partial charge >= 0.3 is 12.0 Å². The van der Waals surface area contributed by atoms with Crippen LogP contribution in [0.1, 0.15) is 44.9 Å². The monoisotopic (exact) mass is 365 g/mol. The number of rotatable bonds is 2. The van der Waals surface area contributed by atoms with Gasteiger partial charge in [-0.25, -0.2) is 4.79 Å². The zero-order valence-corrected chi connectivity index (χ0v) is 15.9. The Kier molecular flexibility index (Phi) is 5.73. The molecule has 2 aliphatic heterocycles. The molecule has 146 valence electrons. The summed E-state index contributed by atoms with van der Waals surface area (Å²) in [6.07, 6.45) is 5.97. The number of likely N-dealkylation sites (tertiary alicyclic amines) is 2. The number of nitrogens with zero attached hydrogens (tertiary/aromatic N) is 3. The first-order valence-corrected chi connectivity index (χ1v) is 9.89. The molecular formula is C19H31N3O4. The summed E-state index contributed by atoms with van der Waals surface area (Å²) in [5, 5.41) is 9.53. The lowest BCUT2D eigenvalue weighted by molar-refractivity contribution is -0.156. The first-order chi connectivity index (χ1) is 12.4. The molecule has 7 heteroatoms. The summed E-state index contributed by atoms with van der Waals surface area (Å²) in [7, 11) is 3.49. The number of amides is 3. The van der Waals surface area contributed by atoms with Crippen LogP contribution < -0.4 is 0 Å². The minimum Gasteiger partial charge on any atom is -0.481 e. The molecule has 3 unspecified atom stereocenters. The number of aliphatic carboxylic acids is 1. The summed E-state index contributed by atoms with van der Waals surface area (Å²) in [5.74, 6) is -0.754. The summed E-state index contributed by atoms with van der Waals surface area (Å²) in [4.78, 5) is 42.2. The predicted octanol–water partition coefficient (Wildman–Crippen LogP) is 1.87. The molecule has 1 aliphatic carbocycles. The molecule has 0 radical (unpaired) electrons. The number of carboxylic acids is 1. The smallest absolute Gasteiger partial charge is 0.319 e. The fourth-order valence-corrected chi connectivity index (χ4v) is 5.07. The summed E-state index contributed by atoms with van der Waals surface area (Å²) >= 11 is 0. The van der Waals surface area contributed by atoms with Crippen LogP contribution in [0.4, 0.5) is 4.79 Å². The van der Waals surface area contributed by atoms with Crippen LogP contribution in [0.15, 0.2) is 0 Å². The number of urea groups is 1. The summed E-state index contributed by atoms with van der Waals surface area (Å²) in [6.45, 7) is 1.80. The van der Waals surface area contributed by atoms with Crippen molar-refractivity contribution < 1.29 is 19.5 Å². The SMILES string of the molecule is CN(C)C(=O)N1CCC(C(=O)N2CCC(C(=O)O)C3CCCCC32)CC1. The van der Waals surface area contributed by atoms with Crippen molar-refractivity contribution >= 4 is 17.9 Å². The second-order valence-corrected chi connectivity index (χ2v) is 8.22. The van der Waals surface area contributed by atoms with Crippen molar-refractivity contribution in [2.75, 3.05) is 33.7 Å². The fourth-order valence-electron chi connectivity index (χ4n) is 5.07. The van der Waals surface area contributed by atoms with Crippen LogP contribution in [0.2, 0.25) is 0 Å². The van der Waals surface area contributed by atoms with Crippen molar-refractivity contribution in [3.8, 4) is 0 Å². The third kappa shape index (κ3) is 3.67. The molecule has 3 atom stereocenters. The number of carbonyl (C=O) groups excluding carboxylic acids is 2. The number of piperidine rings is 2. The summed E-state index contributed by atoms with van der Waals surface area (Å²) < 4.78 is 0. The van der Waals surface area contributed by atoms with Crippen LogP contribution in [-0.2, 0) is 9.59 Å². The van der Waals surface area contributed by atoms with Crippen LogP contribution in [0, 0.1) is 17.8 Å². The van der Waals surface area contributed by atoms with Gasteiger partial charge in [0.15, 0.2) is 0 Å². The average Bonchev–Trinajstić information content (AvgIpc) is 2.65. The minimum absolute atomic E-state index is 0.00511. The molecule has 3 fully saturated rings. The van der Waals surface area contributed by atoms with Crippen molar-refractivity contribution in [2.45, 2.75) is 51.0 Å². The van der Waals surface area contributed by atoms with Crippen LogP contribution in [0.3, 0.4) is 0 Å². The second kappa shape index (κ2) is 7.84. The molecule has 0 bridgehead atoms. The highest BCUT2D eigenvalue weighted by atomic mass is 16.4. The quantitative estimate of drug-likeness (QED) is 0.810. The van der Waals surface area contributed by atoms with E-state index in [0.717, 1.165) is 25.7 Å². The molecule has 3 amide bonds. The van der Waals surface area contributed by atoms with E-state index in [4.69, 9.17) is 0 Å². The maximum absolute atomic E-state index is 13.2. The Bertz CT molecular complexity index is 557. The van der Waals surface area contributed by atoms with Crippen molar-refractivity contribution in [3.05, 3.63) is 0 Å². The van der Waals surface area contributed by atoms with Crippen molar-refractivity contribution in [3.63, 3.8) is 0 Å². The lowest BCUT2D eigenvalue weighted by Crippen LogP contribution is -2.56. The molecule has 1 saturated carbocycles. The zero-order chi connectivity index (χ0) is 18.8. The van der Waals surface area contributed by atoms with Gasteiger partial charge < -0.3 is 19.8 Å². The molecule has 2 saturated heterocycles. The Balaban J connectivity index is 1.63. The van der Waals surface area contributed by atoms with E-state index in [1.165, 1.54) is 0 Å². The standard InChI is InChI=1S/C19H31N3O4/c1-20(2)19(26)21-10-7-13(8-11-21)17(23)22-12-9-15(18(24)25)14-5-3-4-6-16(14)22/h13-16H,3-12H2,1-2H3,(H,24,25). The Morgan fingerprint density at radius 3 is 2.19 bits per heavy atom. The fraction of sp³-hybridized carbons (Fsp3) is 0.842. The predicted molar refractivity (Wildman–Crippen MR) is 96.6 cm³/mol. The lowest BCUT2D eigenvalue weighted by Gasteiger charge is -2.48. The Morgan fingerprint density at radius 2 is 1.58 bits per heavy atom. The molecule has 0 aromatic rings. The van der Waals surface area contributed by atoms with Crippen LogP contribution in [-0.4, -0.2) is 77.5 Å². The van der Waals surface area contributed by atoms with Crippen molar-refractivity contribution in [1.29, 1.82) is 0 Å². The van der Waals surface area contributed by atoms with Gasteiger partial charge in [0.2, 0.25) is 5.91 Å². The molecule has 0 aromatic heterocycles. The van der Waals surface area contributed by atoms with E-state index in [0.29, 0.717) is 38.9 Å². The normalized spacial score (nSPS) is 29.8. The highest BCUT2D eigenvalue weighted by Crippen LogP contribution is 2.40. The molecule has 0 spiro atoms. The first kappa shape index (κ1) is 19.0. The van der Waals surface area contributed by atoms with E-state index in [1.54, 1.807) is 19.0 Å². The second-order valence-electron chi connectivity index (χ2n) is 8.22. The molecule has 3 rings (SSSR count). The van der Waals surface area contributed by atoms with E-state index in [1.807, 2.05) is 9.80 Å². The Morgan fingerprint density at radius 1 is 0.923 bits per heavy atom. The summed E-state index contributed by atoms with van der Waals surface area (Å²) in [5.41, 5.74) is 0. The van der Waals surface area contributed by atoms with Gasteiger partial charge in [-0.2, -0.15) is 0 Å². The van der Waals surface area contributed by atoms with Gasteiger partial charge in [0.25, 0.3) is 0 Å². The van der Waals surface area contributed by atoms with Gasteiger partial charge in [-0.3, -0.25) is 9.59 Å². The van der Waals surface area contributed by atoms with E-state index >= 15 is 0 Å². The number of fused-ring (bicyclic) bond motifs is 1. The molecule has 3 aliphatic rings. The highest BCUT2D eigenvalue weighted by Gasteiger charge is 2.45. The largest absolute Gasteiger partial charge is 0.481 e. The van der Waals surface area contributed by atoms with Gasteiger partial charge in [0.05, 0.1) is 5.92 Å². The van der Waals surface area contributed by atoms with E-state index in [9.17, 15) is 19.5 Å². The van der Waals surface area contributed by atoms with Gasteiger partial charge in [-0.05, 0) is 38.0 Å². The lowest BCUT2D eigenvalue weighted by atomic mass is 9.71. The van der Waals surface area contributed by atoms with Crippen LogP contribution in [0.5, 0.6) is 0 Å². The molecule has 7 nitrogen and oxygen atoms in total. The number of hydrogen-bond donors (Lipinski definition) is 1. The summed E-state index contributed by atoms with van der Waals surface area (Å²) in [6, 6.07) is 0.0954. The van der Waals surface area contributed by atoms with Gasteiger partial charge in [-0.1, -0.05) is 12.8 Å². The topological polar surface area (TPSA) is 81.2 Å². The van der Waals surface area contributed by atoms with Gasteiger partial charge in [0.1, 0.15) is 0 Å². The third-order valence-corrected chi connectivity index (χ3v) is 6.48. The average molecular weight is 365 g/mol. The molecule has 0 aromatic carbocycles. The van der Waals surface area contributed by atoms with E-state index in [2.05, 4.69) is 0 Å². The van der Waals surface area contributed by atoms with Crippen molar-refractivity contribution in [1.82, 2.24) is 14.7 Å². The number of carbonyl (C=O) groups is 3. The minimum atomic E-state index is -0.704. The maximum Gasteiger partial charge on any atom is 0.319 e. The van der Waals surface area contributed by atoms with E-state index in [-0.39, 0.29) is 35.7 Å². The van der Waals surface area contributed by atoms with Gasteiger partial charge in [-0.15, -0.1) is 0 Å². The number of carboxylic acid groups (broad SMARTS) is 1. The maximum atomic E-state index is 13.2. The molecule has 26 heavy (non-hydrogen) atoms. The highest BCUT2D eigenvalue weighted by molar-refractivity contribution is 5.81. The number of hydrogen-bond acceptors (Lipinski definition) is 3. The zero-order valence-electron chi connectivity index (χ0n) is 15.9. The van der Waals surface area contributed by atoms with Crippen LogP contribution >= 0.6 is 0 Å². The Hall–Kier alpha value is -1.79. The molecule has 2 heterocycles. The molecular weight excluding hydrogens is 334 g/mol.